The molecule has 0 heterocycles. The number of rotatable bonds is 6. The van der Waals surface area contributed by atoms with Crippen LogP contribution < -0.4 is 16.0 Å². The van der Waals surface area contributed by atoms with Gasteiger partial charge in [-0.15, -0.1) is 0 Å². The van der Waals surface area contributed by atoms with E-state index in [2.05, 4.69) is 47.8 Å². The van der Waals surface area contributed by atoms with Crippen LogP contribution in [0.1, 0.15) is 11.1 Å². The molecule has 0 atom stereocenters. The second-order valence-electron chi connectivity index (χ2n) is 5.62. The Labute approximate surface area is 163 Å². The minimum absolute atomic E-state index is 0.0783. The lowest BCUT2D eigenvalue weighted by molar-refractivity contribution is -0.122. The summed E-state index contributed by atoms with van der Waals surface area (Å²) in [5, 5.41) is 8.41. The maximum atomic E-state index is 12.0. The molecule has 0 saturated heterocycles. The molecule has 0 aliphatic heterocycles. The van der Waals surface area contributed by atoms with Gasteiger partial charge in [0.05, 0.1) is 13.1 Å². The van der Waals surface area contributed by atoms with E-state index in [-0.39, 0.29) is 24.9 Å². The Bertz CT molecular complexity index is 794. The summed E-state index contributed by atoms with van der Waals surface area (Å²) in [6.45, 7) is 3.91. The van der Waals surface area contributed by atoms with Crippen molar-refractivity contribution in [3.8, 4) is 0 Å². The molecule has 0 radical (unpaired) electrons. The van der Waals surface area contributed by atoms with Crippen LogP contribution in [0.5, 0.6) is 0 Å². The number of hydrogen-bond donors (Lipinski definition) is 3. The van der Waals surface area contributed by atoms with E-state index >= 15 is 0 Å². The topological polar surface area (TPSA) is 70.2 Å². The Morgan fingerprint density at radius 3 is 2.32 bits per heavy atom. The molecule has 2 rings (SSSR count). The molecule has 0 spiro atoms. The van der Waals surface area contributed by atoms with E-state index in [1.54, 1.807) is 0 Å². The summed E-state index contributed by atoms with van der Waals surface area (Å²) in [7, 11) is 0. The van der Waals surface area contributed by atoms with Crippen molar-refractivity contribution in [2.45, 2.75) is 13.8 Å². The third kappa shape index (κ3) is 6.17. The van der Waals surface area contributed by atoms with Crippen molar-refractivity contribution in [3.05, 3.63) is 56.5 Å². The molecule has 0 fully saturated rings. The molecule has 25 heavy (non-hydrogen) atoms. The minimum atomic E-state index is -0.268. The summed E-state index contributed by atoms with van der Waals surface area (Å²) in [4.78, 5) is 23.8. The second-order valence-corrected chi connectivity index (χ2v) is 7.39. The molecule has 5 nitrogen and oxygen atoms in total. The number of anilines is 2. The molecule has 3 N–H and O–H groups in total. The molecule has 132 valence electrons. The van der Waals surface area contributed by atoms with Gasteiger partial charge in [0.1, 0.15) is 0 Å². The quantitative estimate of drug-likeness (QED) is 0.600. The van der Waals surface area contributed by atoms with E-state index < -0.39 is 0 Å². The Morgan fingerprint density at radius 2 is 1.64 bits per heavy atom. The van der Waals surface area contributed by atoms with Crippen LogP contribution in [-0.4, -0.2) is 24.9 Å². The third-order valence-electron chi connectivity index (χ3n) is 3.47. The lowest BCUT2D eigenvalue weighted by Crippen LogP contribution is -2.36. The van der Waals surface area contributed by atoms with Gasteiger partial charge in [-0.1, -0.05) is 22.0 Å². The first-order valence-electron chi connectivity index (χ1n) is 7.68. The fourth-order valence-corrected chi connectivity index (χ4v) is 3.25. The van der Waals surface area contributed by atoms with Gasteiger partial charge in [-0.2, -0.15) is 0 Å². The average Bonchev–Trinajstić information content (AvgIpc) is 2.55. The zero-order valence-corrected chi connectivity index (χ0v) is 17.1. The molecule has 0 aromatic heterocycles. The molecule has 7 heteroatoms. The smallest absolute Gasteiger partial charge is 0.243 e. The molecular formula is C18H19Br2N3O2. The number of carbonyl (C=O) groups excluding carboxylic acids is 2. The molecule has 0 unspecified atom stereocenters. The summed E-state index contributed by atoms with van der Waals surface area (Å²) in [6.07, 6.45) is 0. The maximum absolute atomic E-state index is 12.0. The summed E-state index contributed by atoms with van der Waals surface area (Å²) >= 11 is 6.82. The standard InChI is InChI=1S/C18H19Br2N3O2/c1-11-3-5-16(14(20)7-11)21-9-17(24)22-10-18(25)23-15-6-4-13(19)8-12(15)2/h3-8,21H,9-10H2,1-2H3,(H,22,24)(H,23,25). The molecule has 0 saturated carbocycles. The number of carbonyl (C=O) groups is 2. The first kappa shape index (κ1) is 19.5. The molecule has 0 aliphatic carbocycles. The molecule has 2 amide bonds. The number of hydrogen-bond acceptors (Lipinski definition) is 3. The fourth-order valence-electron chi connectivity index (χ4n) is 2.14. The molecular weight excluding hydrogens is 450 g/mol. The lowest BCUT2D eigenvalue weighted by Gasteiger charge is -2.11. The van der Waals surface area contributed by atoms with Crippen molar-refractivity contribution in [3.63, 3.8) is 0 Å². The van der Waals surface area contributed by atoms with Crippen LogP contribution >= 0.6 is 31.9 Å². The van der Waals surface area contributed by atoms with Gasteiger partial charge in [-0.3, -0.25) is 9.59 Å². The van der Waals surface area contributed by atoms with Crippen LogP contribution in [0.25, 0.3) is 0 Å². The Kier molecular flexibility index (Phi) is 7.01. The number of aryl methyl sites for hydroxylation is 2. The molecule has 2 aromatic rings. The monoisotopic (exact) mass is 467 g/mol. The Morgan fingerprint density at radius 1 is 0.920 bits per heavy atom. The zero-order valence-electron chi connectivity index (χ0n) is 14.0. The summed E-state index contributed by atoms with van der Waals surface area (Å²) < 4.78 is 1.84. The van der Waals surface area contributed by atoms with E-state index in [1.807, 2.05) is 50.2 Å². The maximum Gasteiger partial charge on any atom is 0.243 e. The predicted molar refractivity (Wildman–Crippen MR) is 108 cm³/mol. The number of benzene rings is 2. The van der Waals surface area contributed by atoms with Gasteiger partial charge in [0.25, 0.3) is 0 Å². The van der Waals surface area contributed by atoms with Crippen LogP contribution in [0.15, 0.2) is 45.3 Å². The lowest BCUT2D eigenvalue weighted by atomic mass is 10.2. The highest BCUT2D eigenvalue weighted by molar-refractivity contribution is 9.10. The minimum Gasteiger partial charge on any atom is -0.375 e. The largest absolute Gasteiger partial charge is 0.375 e. The number of halogens is 2. The second kappa shape index (κ2) is 9.01. The summed E-state index contributed by atoms with van der Waals surface area (Å²) in [5.41, 5.74) is 3.63. The molecule has 0 aliphatic rings. The van der Waals surface area contributed by atoms with Crippen LogP contribution in [0, 0.1) is 13.8 Å². The highest BCUT2D eigenvalue weighted by Crippen LogP contribution is 2.23. The van der Waals surface area contributed by atoms with Gasteiger partial charge < -0.3 is 16.0 Å². The average molecular weight is 469 g/mol. The predicted octanol–water partition coefficient (Wildman–Crippen LogP) is 4.00. The number of amides is 2. The van der Waals surface area contributed by atoms with Gasteiger partial charge in [-0.25, -0.2) is 0 Å². The van der Waals surface area contributed by atoms with Crippen LogP contribution in [0.3, 0.4) is 0 Å². The SMILES string of the molecule is Cc1ccc(NCC(=O)NCC(=O)Nc2ccc(Br)cc2C)c(Br)c1. The Balaban J connectivity index is 1.78. The molecule has 2 aromatic carbocycles. The van der Waals surface area contributed by atoms with Gasteiger partial charge in [0, 0.05) is 20.3 Å². The zero-order chi connectivity index (χ0) is 18.4. The van der Waals surface area contributed by atoms with Gasteiger partial charge in [-0.05, 0) is 71.2 Å². The van der Waals surface area contributed by atoms with Crippen LogP contribution in [0.2, 0.25) is 0 Å². The molecule has 0 bridgehead atoms. The van der Waals surface area contributed by atoms with E-state index in [0.29, 0.717) is 0 Å². The number of nitrogens with one attached hydrogen (secondary N) is 3. The summed E-state index contributed by atoms with van der Waals surface area (Å²) in [5.74, 6) is -0.523. The van der Waals surface area contributed by atoms with Crippen molar-refractivity contribution in [1.29, 1.82) is 0 Å². The van der Waals surface area contributed by atoms with Gasteiger partial charge >= 0.3 is 0 Å². The van der Waals surface area contributed by atoms with E-state index in [0.717, 1.165) is 31.4 Å². The van der Waals surface area contributed by atoms with Gasteiger partial charge in [0.2, 0.25) is 11.8 Å². The van der Waals surface area contributed by atoms with Crippen molar-refractivity contribution in [2.24, 2.45) is 0 Å². The van der Waals surface area contributed by atoms with Gasteiger partial charge in [0.15, 0.2) is 0 Å². The van der Waals surface area contributed by atoms with Crippen molar-refractivity contribution >= 4 is 55.0 Å². The van der Waals surface area contributed by atoms with E-state index in [1.165, 1.54) is 0 Å². The third-order valence-corrected chi connectivity index (χ3v) is 4.62. The van der Waals surface area contributed by atoms with Crippen molar-refractivity contribution in [1.82, 2.24) is 5.32 Å². The first-order valence-corrected chi connectivity index (χ1v) is 9.26. The first-order chi connectivity index (χ1) is 11.8. The van der Waals surface area contributed by atoms with Crippen LogP contribution in [-0.2, 0) is 9.59 Å². The highest BCUT2D eigenvalue weighted by atomic mass is 79.9. The van der Waals surface area contributed by atoms with Crippen molar-refractivity contribution in [2.75, 3.05) is 23.7 Å². The van der Waals surface area contributed by atoms with Crippen molar-refractivity contribution < 1.29 is 9.59 Å². The van der Waals surface area contributed by atoms with E-state index in [9.17, 15) is 9.59 Å². The normalized spacial score (nSPS) is 10.2. The fraction of sp³-hybridized carbons (Fsp3) is 0.222. The summed E-state index contributed by atoms with van der Waals surface area (Å²) in [6, 6.07) is 11.4. The van der Waals surface area contributed by atoms with E-state index in [4.69, 9.17) is 0 Å². The highest BCUT2D eigenvalue weighted by Gasteiger charge is 2.08. The van der Waals surface area contributed by atoms with Crippen LogP contribution in [0.4, 0.5) is 11.4 Å². The Hall–Kier alpha value is -1.86.